The highest BCUT2D eigenvalue weighted by Crippen LogP contribution is 2.35. The summed E-state index contributed by atoms with van der Waals surface area (Å²) in [6.45, 7) is 7.17. The fourth-order valence-corrected chi connectivity index (χ4v) is 4.32. The van der Waals surface area contributed by atoms with Gasteiger partial charge in [-0.25, -0.2) is 4.98 Å². The van der Waals surface area contributed by atoms with Crippen LogP contribution in [0.25, 0.3) is 0 Å². The Bertz CT molecular complexity index is 1120. The molecule has 2 aliphatic rings. The Hall–Kier alpha value is -3.01. The molecule has 1 N–H and O–H groups in total. The smallest absolute Gasteiger partial charge is 0.417 e. The highest BCUT2D eigenvalue weighted by atomic mass is 35.5. The number of anilines is 2. The summed E-state index contributed by atoms with van der Waals surface area (Å²) in [6.07, 6.45) is -2.11. The van der Waals surface area contributed by atoms with Crippen molar-refractivity contribution in [2.24, 2.45) is 16.5 Å². The molecule has 194 valence electrons. The zero-order valence-corrected chi connectivity index (χ0v) is 21.0. The maximum atomic E-state index is 12.9. The van der Waals surface area contributed by atoms with Gasteiger partial charge in [-0.3, -0.25) is 4.79 Å². The molecular formula is C25H28ClF3N4O3. The molecule has 1 fully saturated rings. The van der Waals surface area contributed by atoms with E-state index in [9.17, 15) is 18.0 Å². The molecule has 1 unspecified atom stereocenters. The molecule has 0 radical (unpaired) electrons. The predicted octanol–water partition coefficient (Wildman–Crippen LogP) is 6.14. The summed E-state index contributed by atoms with van der Waals surface area (Å²) in [4.78, 5) is 23.9. The summed E-state index contributed by atoms with van der Waals surface area (Å²) in [6, 6.07) is 7.90. The van der Waals surface area contributed by atoms with Gasteiger partial charge in [0.05, 0.1) is 17.0 Å². The van der Waals surface area contributed by atoms with E-state index < -0.39 is 11.7 Å². The third-order valence-electron chi connectivity index (χ3n) is 6.28. The van der Waals surface area contributed by atoms with Crippen molar-refractivity contribution in [3.05, 3.63) is 47.1 Å². The number of benzene rings is 1. The van der Waals surface area contributed by atoms with Gasteiger partial charge in [-0.2, -0.15) is 13.2 Å². The van der Waals surface area contributed by atoms with Crippen molar-refractivity contribution in [1.29, 1.82) is 0 Å². The van der Waals surface area contributed by atoms with E-state index in [1.807, 2.05) is 0 Å². The van der Waals surface area contributed by atoms with Crippen molar-refractivity contribution >= 4 is 34.9 Å². The zero-order chi connectivity index (χ0) is 26.1. The van der Waals surface area contributed by atoms with Crippen LogP contribution in [0.2, 0.25) is 5.02 Å². The lowest BCUT2D eigenvalue weighted by Crippen LogP contribution is -2.38. The molecule has 2 aromatic rings. The van der Waals surface area contributed by atoms with E-state index in [4.69, 9.17) is 21.2 Å². The first kappa shape index (κ1) is 26.1. The van der Waals surface area contributed by atoms with E-state index in [1.165, 1.54) is 0 Å². The van der Waals surface area contributed by atoms with Gasteiger partial charge in [0, 0.05) is 36.3 Å². The third kappa shape index (κ3) is 6.21. The van der Waals surface area contributed by atoms with Gasteiger partial charge >= 0.3 is 6.18 Å². The van der Waals surface area contributed by atoms with Crippen molar-refractivity contribution in [1.82, 2.24) is 4.98 Å². The second-order valence-corrected chi connectivity index (χ2v) is 10.5. The van der Waals surface area contributed by atoms with Crippen molar-refractivity contribution in [2.75, 3.05) is 23.3 Å². The maximum absolute atomic E-state index is 12.9. The number of hydrogen-bond acceptors (Lipinski definition) is 6. The van der Waals surface area contributed by atoms with E-state index in [0.29, 0.717) is 55.5 Å². The van der Waals surface area contributed by atoms with Gasteiger partial charge in [-0.05, 0) is 43.2 Å². The molecule has 1 amide bonds. The number of alkyl halides is 3. The van der Waals surface area contributed by atoms with E-state index in [1.54, 1.807) is 29.2 Å². The Balaban J connectivity index is 1.27. The van der Waals surface area contributed by atoms with Crippen LogP contribution in [0.3, 0.4) is 0 Å². The standard InChI is InChI=1S/C25H28ClF3N4O3/c1-24(2,3)20-13-21(32-36-20)35-18-6-4-17(5-7-18)31-23(34)15-8-10-33(11-9-15)22-19(26)12-16(14-30-22)25(27,28)29/h4-7,12,14-15,20H,8-11,13H2,1-3H3,(H,31,34). The lowest BCUT2D eigenvalue weighted by molar-refractivity contribution is -0.137. The minimum Gasteiger partial charge on any atom is -0.440 e. The average molecular weight is 525 g/mol. The molecule has 0 aliphatic carbocycles. The molecule has 1 aromatic carbocycles. The normalized spacial score (nSPS) is 19.0. The molecule has 0 bridgehead atoms. The quantitative estimate of drug-likeness (QED) is 0.520. The first-order valence-corrected chi connectivity index (χ1v) is 12.1. The largest absolute Gasteiger partial charge is 0.440 e. The first-order valence-electron chi connectivity index (χ1n) is 11.7. The number of ether oxygens (including phenoxy) is 1. The number of halogens is 4. The van der Waals surface area contributed by atoms with E-state index in [0.717, 1.165) is 12.3 Å². The van der Waals surface area contributed by atoms with Gasteiger partial charge in [-0.15, -0.1) is 0 Å². The average Bonchev–Trinajstić information content (AvgIpc) is 3.29. The Morgan fingerprint density at radius 2 is 1.83 bits per heavy atom. The summed E-state index contributed by atoms with van der Waals surface area (Å²) < 4.78 is 44.4. The number of rotatable bonds is 4. The fraction of sp³-hybridized carbons (Fsp3) is 0.480. The van der Waals surface area contributed by atoms with Crippen LogP contribution >= 0.6 is 11.6 Å². The Morgan fingerprint density at radius 3 is 2.39 bits per heavy atom. The maximum Gasteiger partial charge on any atom is 0.417 e. The van der Waals surface area contributed by atoms with Gasteiger partial charge in [0.15, 0.2) is 0 Å². The van der Waals surface area contributed by atoms with Crippen LogP contribution in [0.15, 0.2) is 41.7 Å². The van der Waals surface area contributed by atoms with Crippen molar-refractivity contribution in [3.63, 3.8) is 0 Å². The fourth-order valence-electron chi connectivity index (χ4n) is 4.04. The van der Waals surface area contributed by atoms with Gasteiger partial charge in [0.1, 0.15) is 17.7 Å². The molecule has 2 aliphatic heterocycles. The van der Waals surface area contributed by atoms with E-state index in [-0.39, 0.29) is 28.4 Å². The number of amides is 1. The third-order valence-corrected chi connectivity index (χ3v) is 6.56. The number of nitrogens with one attached hydrogen (secondary N) is 1. The lowest BCUT2D eigenvalue weighted by atomic mass is 9.87. The van der Waals surface area contributed by atoms with Crippen LogP contribution < -0.4 is 15.0 Å². The Morgan fingerprint density at radius 1 is 1.17 bits per heavy atom. The molecule has 4 rings (SSSR count). The van der Waals surface area contributed by atoms with Crippen LogP contribution in [-0.4, -0.2) is 36.0 Å². The highest BCUT2D eigenvalue weighted by Gasteiger charge is 2.34. The van der Waals surface area contributed by atoms with E-state index >= 15 is 0 Å². The number of pyridine rings is 1. The Labute approximate surface area is 212 Å². The zero-order valence-electron chi connectivity index (χ0n) is 20.2. The molecule has 1 saturated heterocycles. The molecule has 1 aromatic heterocycles. The van der Waals surface area contributed by atoms with Gasteiger partial charge in [0.25, 0.3) is 0 Å². The second kappa shape index (κ2) is 10.2. The van der Waals surface area contributed by atoms with Crippen LogP contribution in [0.1, 0.15) is 45.6 Å². The second-order valence-electron chi connectivity index (χ2n) is 10.1. The number of piperidine rings is 1. The summed E-state index contributed by atoms with van der Waals surface area (Å²) in [7, 11) is 0. The summed E-state index contributed by atoms with van der Waals surface area (Å²) in [5.74, 6) is 1.06. The molecule has 7 nitrogen and oxygen atoms in total. The Kier molecular flexibility index (Phi) is 7.36. The summed E-state index contributed by atoms with van der Waals surface area (Å²) in [5, 5.41) is 6.88. The van der Waals surface area contributed by atoms with Crippen LogP contribution in [0.5, 0.6) is 5.75 Å². The summed E-state index contributed by atoms with van der Waals surface area (Å²) >= 11 is 6.06. The van der Waals surface area contributed by atoms with Crippen LogP contribution in [-0.2, 0) is 15.8 Å². The van der Waals surface area contributed by atoms with E-state index in [2.05, 4.69) is 36.2 Å². The van der Waals surface area contributed by atoms with Crippen molar-refractivity contribution in [2.45, 2.75) is 52.3 Å². The van der Waals surface area contributed by atoms with Crippen LogP contribution in [0, 0.1) is 11.3 Å². The minimum atomic E-state index is -4.50. The van der Waals surface area contributed by atoms with Crippen molar-refractivity contribution < 1.29 is 27.5 Å². The number of carbonyl (C=O) groups is 1. The van der Waals surface area contributed by atoms with Crippen LogP contribution in [0.4, 0.5) is 24.7 Å². The molecular weight excluding hydrogens is 497 g/mol. The number of aromatic nitrogens is 1. The van der Waals surface area contributed by atoms with Gasteiger partial charge in [-0.1, -0.05) is 37.5 Å². The topological polar surface area (TPSA) is 76.0 Å². The lowest BCUT2D eigenvalue weighted by Gasteiger charge is -2.32. The van der Waals surface area contributed by atoms with Gasteiger partial charge in [0.2, 0.25) is 11.8 Å². The van der Waals surface area contributed by atoms with Crippen molar-refractivity contribution in [3.8, 4) is 5.75 Å². The highest BCUT2D eigenvalue weighted by molar-refractivity contribution is 6.33. The minimum absolute atomic E-state index is 0.0384. The molecule has 3 heterocycles. The number of carbonyl (C=O) groups excluding carboxylic acids is 1. The number of hydrogen-bond donors (Lipinski definition) is 1. The summed E-state index contributed by atoms with van der Waals surface area (Å²) in [5.41, 5.74) is -0.292. The first-order chi connectivity index (χ1) is 16.9. The monoisotopic (exact) mass is 524 g/mol. The predicted molar refractivity (Wildman–Crippen MR) is 131 cm³/mol. The molecule has 0 spiro atoms. The molecule has 0 saturated carbocycles. The number of nitrogens with zero attached hydrogens (tertiary/aromatic N) is 3. The van der Waals surface area contributed by atoms with Gasteiger partial charge < -0.3 is 19.8 Å². The number of oxime groups is 1. The molecule has 1 atom stereocenters. The molecule has 11 heteroatoms. The molecule has 36 heavy (non-hydrogen) atoms. The SMILES string of the molecule is CC(C)(C)C1CC(Oc2ccc(NC(=O)C3CCN(c4ncc(C(F)(F)F)cc4Cl)CC3)cc2)=NO1.